The molecule has 32 heavy (non-hydrogen) atoms. The van der Waals surface area contributed by atoms with E-state index in [1.807, 2.05) is 12.1 Å². The van der Waals surface area contributed by atoms with Gasteiger partial charge in [0.05, 0.1) is 11.4 Å². The summed E-state index contributed by atoms with van der Waals surface area (Å²) < 4.78 is 19.9. The van der Waals surface area contributed by atoms with Crippen molar-refractivity contribution >= 4 is 34.0 Å². The summed E-state index contributed by atoms with van der Waals surface area (Å²) in [5.74, 6) is -0.765. The number of fused-ring (bicyclic) bond motifs is 2. The molecule has 4 rings (SSSR count). The number of halogens is 1. The van der Waals surface area contributed by atoms with Gasteiger partial charge in [-0.25, -0.2) is 4.39 Å². The first-order valence-corrected chi connectivity index (χ1v) is 10.4. The maximum Gasteiger partial charge on any atom is 0.265 e. The number of aliphatic hydroxyl groups excluding tert-OH is 1. The van der Waals surface area contributed by atoms with Gasteiger partial charge in [-0.15, -0.1) is 0 Å². The summed E-state index contributed by atoms with van der Waals surface area (Å²) in [5, 5.41) is 10.9. The van der Waals surface area contributed by atoms with Crippen LogP contribution >= 0.6 is 0 Å². The van der Waals surface area contributed by atoms with Crippen LogP contribution in [0.1, 0.15) is 20.3 Å². The molecule has 2 heterocycles. The second-order valence-electron chi connectivity index (χ2n) is 8.10. The standard InChI is InChI=1S/C24H24FN3O4/c1-24(2)23(31)27(11-4-12-29)20-13-17(25)7-8-19(20)28(24)22(30)15-32-21-6-3-5-16-14-26-10-9-18(16)21/h3,5-10,13-14,29H,4,11-12,15H2,1-2H3. The van der Waals surface area contributed by atoms with Crippen LogP contribution in [-0.2, 0) is 9.59 Å². The van der Waals surface area contributed by atoms with Crippen molar-refractivity contribution in [3.63, 3.8) is 0 Å². The summed E-state index contributed by atoms with van der Waals surface area (Å²) in [6.07, 6.45) is 3.70. The van der Waals surface area contributed by atoms with Crippen molar-refractivity contribution in [2.45, 2.75) is 25.8 Å². The third-order valence-corrected chi connectivity index (χ3v) is 5.58. The Balaban J connectivity index is 1.66. The van der Waals surface area contributed by atoms with E-state index in [9.17, 15) is 19.1 Å². The molecule has 0 saturated carbocycles. The first kappa shape index (κ1) is 21.7. The molecule has 1 aliphatic rings. The molecule has 0 saturated heterocycles. The van der Waals surface area contributed by atoms with Crippen LogP contribution in [-0.4, -0.2) is 47.2 Å². The summed E-state index contributed by atoms with van der Waals surface area (Å²) in [6.45, 7) is 3.11. The third-order valence-electron chi connectivity index (χ3n) is 5.58. The molecule has 0 radical (unpaired) electrons. The summed E-state index contributed by atoms with van der Waals surface area (Å²) in [4.78, 5) is 33.5. The number of rotatable bonds is 6. The molecular formula is C24H24FN3O4. The smallest absolute Gasteiger partial charge is 0.265 e. The Morgan fingerprint density at radius 1 is 1.19 bits per heavy atom. The molecule has 0 atom stereocenters. The molecule has 2 amide bonds. The normalized spacial score (nSPS) is 15.1. The van der Waals surface area contributed by atoms with Crippen molar-refractivity contribution in [2.75, 3.05) is 29.6 Å². The second kappa shape index (κ2) is 8.55. The minimum atomic E-state index is -1.22. The molecule has 8 heteroatoms. The summed E-state index contributed by atoms with van der Waals surface area (Å²) in [7, 11) is 0. The van der Waals surface area contributed by atoms with E-state index in [2.05, 4.69) is 4.98 Å². The van der Waals surface area contributed by atoms with Gasteiger partial charge < -0.3 is 14.7 Å². The molecule has 2 aromatic carbocycles. The molecule has 0 bridgehead atoms. The van der Waals surface area contributed by atoms with Crippen LogP contribution in [0.4, 0.5) is 15.8 Å². The lowest BCUT2D eigenvalue weighted by Crippen LogP contribution is -2.63. The number of carbonyl (C=O) groups is 2. The predicted molar refractivity (Wildman–Crippen MR) is 119 cm³/mol. The molecule has 1 aliphatic heterocycles. The summed E-state index contributed by atoms with van der Waals surface area (Å²) in [5.41, 5.74) is -0.499. The number of hydrogen-bond donors (Lipinski definition) is 1. The maximum absolute atomic E-state index is 14.0. The summed E-state index contributed by atoms with van der Waals surface area (Å²) >= 11 is 0. The van der Waals surface area contributed by atoms with E-state index in [1.165, 1.54) is 28.0 Å². The zero-order chi connectivity index (χ0) is 22.9. The van der Waals surface area contributed by atoms with Crippen LogP contribution in [0.2, 0.25) is 0 Å². The van der Waals surface area contributed by atoms with Gasteiger partial charge in [-0.05, 0) is 50.6 Å². The molecule has 7 nitrogen and oxygen atoms in total. The largest absolute Gasteiger partial charge is 0.483 e. The number of aromatic nitrogens is 1. The molecule has 3 aromatic rings. The Morgan fingerprint density at radius 3 is 2.78 bits per heavy atom. The van der Waals surface area contributed by atoms with E-state index in [0.29, 0.717) is 23.5 Å². The highest BCUT2D eigenvalue weighted by molar-refractivity contribution is 6.15. The van der Waals surface area contributed by atoms with Gasteiger partial charge in [-0.2, -0.15) is 0 Å². The van der Waals surface area contributed by atoms with E-state index in [4.69, 9.17) is 4.74 Å². The Morgan fingerprint density at radius 2 is 2.00 bits per heavy atom. The fourth-order valence-electron chi connectivity index (χ4n) is 4.06. The SMILES string of the molecule is CC1(C)C(=O)N(CCCO)c2cc(F)ccc2N1C(=O)COc1cccc2cnccc12. The fourth-order valence-corrected chi connectivity index (χ4v) is 4.06. The van der Waals surface area contributed by atoms with Gasteiger partial charge >= 0.3 is 0 Å². The van der Waals surface area contributed by atoms with Gasteiger partial charge in [0.15, 0.2) is 6.61 Å². The number of ether oxygens (including phenoxy) is 1. The van der Waals surface area contributed by atoms with E-state index < -0.39 is 17.3 Å². The Labute approximate surface area is 185 Å². The van der Waals surface area contributed by atoms with Gasteiger partial charge in [0.2, 0.25) is 0 Å². The van der Waals surface area contributed by atoms with Crippen molar-refractivity contribution in [3.8, 4) is 5.75 Å². The topological polar surface area (TPSA) is 83.0 Å². The van der Waals surface area contributed by atoms with Gasteiger partial charge in [0.1, 0.15) is 17.1 Å². The average Bonchev–Trinajstić information content (AvgIpc) is 2.78. The van der Waals surface area contributed by atoms with E-state index >= 15 is 0 Å². The Kier molecular flexibility index (Phi) is 5.80. The van der Waals surface area contributed by atoms with Crippen LogP contribution in [0.15, 0.2) is 54.9 Å². The summed E-state index contributed by atoms with van der Waals surface area (Å²) in [6, 6.07) is 11.3. The quantitative estimate of drug-likeness (QED) is 0.640. The lowest BCUT2D eigenvalue weighted by atomic mass is 9.94. The molecule has 1 N–H and O–H groups in total. The van der Waals surface area contributed by atoms with Crippen LogP contribution in [0.5, 0.6) is 5.75 Å². The molecule has 0 unspecified atom stereocenters. The second-order valence-corrected chi connectivity index (χ2v) is 8.10. The monoisotopic (exact) mass is 437 g/mol. The lowest BCUT2D eigenvalue weighted by molar-refractivity contribution is -0.129. The highest BCUT2D eigenvalue weighted by Crippen LogP contribution is 2.41. The highest BCUT2D eigenvalue weighted by atomic mass is 19.1. The molecule has 0 fully saturated rings. The molecule has 166 valence electrons. The zero-order valence-corrected chi connectivity index (χ0v) is 17.9. The molecule has 0 spiro atoms. The van der Waals surface area contributed by atoms with Crippen molar-refractivity contribution < 1.29 is 23.8 Å². The minimum Gasteiger partial charge on any atom is -0.483 e. The Bertz CT molecular complexity index is 1180. The average molecular weight is 437 g/mol. The number of nitrogens with zero attached hydrogens (tertiary/aromatic N) is 3. The highest BCUT2D eigenvalue weighted by Gasteiger charge is 2.47. The predicted octanol–water partition coefficient (Wildman–Crippen LogP) is 3.29. The van der Waals surface area contributed by atoms with Crippen LogP contribution in [0, 0.1) is 5.82 Å². The van der Waals surface area contributed by atoms with Gasteiger partial charge in [0, 0.05) is 36.3 Å². The number of pyridine rings is 1. The third kappa shape index (κ3) is 3.78. The zero-order valence-electron chi connectivity index (χ0n) is 17.9. The van der Waals surface area contributed by atoms with Gasteiger partial charge in [0.25, 0.3) is 11.8 Å². The minimum absolute atomic E-state index is 0.105. The first-order chi connectivity index (χ1) is 15.3. The van der Waals surface area contributed by atoms with Gasteiger partial charge in [-0.3, -0.25) is 19.5 Å². The number of anilines is 2. The van der Waals surface area contributed by atoms with Crippen molar-refractivity contribution in [2.24, 2.45) is 0 Å². The van der Waals surface area contributed by atoms with Crippen LogP contribution in [0.3, 0.4) is 0 Å². The molecule has 0 aliphatic carbocycles. The van der Waals surface area contributed by atoms with Crippen LogP contribution < -0.4 is 14.5 Å². The number of aliphatic hydroxyl groups is 1. The number of amides is 2. The first-order valence-electron chi connectivity index (χ1n) is 10.4. The van der Waals surface area contributed by atoms with Crippen molar-refractivity contribution in [1.29, 1.82) is 0 Å². The van der Waals surface area contributed by atoms with Gasteiger partial charge in [-0.1, -0.05) is 12.1 Å². The van der Waals surface area contributed by atoms with E-state index in [0.717, 1.165) is 10.8 Å². The van der Waals surface area contributed by atoms with Crippen molar-refractivity contribution in [1.82, 2.24) is 4.98 Å². The number of benzene rings is 2. The molecule has 1 aromatic heterocycles. The van der Waals surface area contributed by atoms with E-state index in [-0.39, 0.29) is 25.7 Å². The lowest BCUT2D eigenvalue weighted by Gasteiger charge is -2.46. The van der Waals surface area contributed by atoms with Crippen molar-refractivity contribution in [3.05, 3.63) is 60.7 Å². The Hall–Kier alpha value is -3.52. The van der Waals surface area contributed by atoms with E-state index in [1.54, 1.807) is 38.4 Å². The van der Waals surface area contributed by atoms with Crippen LogP contribution in [0.25, 0.3) is 10.8 Å². The maximum atomic E-state index is 14.0. The molecular weight excluding hydrogens is 413 g/mol. The number of hydrogen-bond acceptors (Lipinski definition) is 5. The fraction of sp³-hybridized carbons (Fsp3) is 0.292. The number of carbonyl (C=O) groups excluding carboxylic acids is 2.